The predicted octanol–water partition coefficient (Wildman–Crippen LogP) is 6.42. The topological polar surface area (TPSA) is 108 Å². The van der Waals surface area contributed by atoms with Gasteiger partial charge in [0.2, 0.25) is 10.0 Å². The second kappa shape index (κ2) is 13.3. The normalized spacial score (nSPS) is 12.8. The van der Waals surface area contributed by atoms with Crippen molar-refractivity contribution >= 4 is 51.4 Å². The maximum absolute atomic E-state index is 12.1. The monoisotopic (exact) mass is 654 g/mol. The maximum Gasteiger partial charge on any atom is 0.261 e. The van der Waals surface area contributed by atoms with Crippen molar-refractivity contribution in [2.75, 3.05) is 6.61 Å². The standard InChI is InChI=1S/C35H38N4O3S2Si/c1-25-16-19-33(44(36,40)41)31(22-25)38-26(2)32-24-43-34(39-32)30-18-17-27(23-37-30)20-21-42-45(35(3,4)5,28-12-8-6-9-13-28)29-14-10-7-11-15-29/h6-19,22-24H,20-21H2,1-5H3,(H2,36,40,41). The third-order valence-corrected chi connectivity index (χ3v) is 14.6. The fraction of sp³-hybridized carbons (Fsp3) is 0.229. The van der Waals surface area contributed by atoms with Crippen LogP contribution in [0.2, 0.25) is 5.04 Å². The van der Waals surface area contributed by atoms with E-state index in [2.05, 4.69) is 92.5 Å². The average molecular weight is 655 g/mol. The summed E-state index contributed by atoms with van der Waals surface area (Å²) in [6.45, 7) is 11.1. The molecule has 0 radical (unpaired) electrons. The van der Waals surface area contributed by atoms with E-state index in [0.29, 0.717) is 23.7 Å². The summed E-state index contributed by atoms with van der Waals surface area (Å²) in [6, 6.07) is 30.2. The smallest absolute Gasteiger partial charge is 0.261 e. The summed E-state index contributed by atoms with van der Waals surface area (Å²) in [4.78, 5) is 14.0. The lowest BCUT2D eigenvalue weighted by Gasteiger charge is -2.43. The van der Waals surface area contributed by atoms with E-state index in [1.165, 1.54) is 27.8 Å². The molecule has 0 fully saturated rings. The Morgan fingerprint density at radius 2 is 1.60 bits per heavy atom. The van der Waals surface area contributed by atoms with Gasteiger partial charge in [-0.25, -0.2) is 18.5 Å². The summed E-state index contributed by atoms with van der Waals surface area (Å²) >= 11 is 1.46. The highest BCUT2D eigenvalue weighted by Gasteiger charge is 2.49. The Kier molecular flexibility index (Phi) is 9.62. The molecule has 0 aliphatic heterocycles. The van der Waals surface area contributed by atoms with Gasteiger partial charge < -0.3 is 4.43 Å². The largest absolute Gasteiger partial charge is 0.407 e. The summed E-state index contributed by atoms with van der Waals surface area (Å²) in [6.07, 6.45) is 2.62. The Morgan fingerprint density at radius 1 is 0.956 bits per heavy atom. The zero-order chi connectivity index (χ0) is 32.2. The summed E-state index contributed by atoms with van der Waals surface area (Å²) in [5.74, 6) is 0. The first-order valence-corrected chi connectivity index (χ1v) is 19.1. The first-order chi connectivity index (χ1) is 21.4. The van der Waals surface area contributed by atoms with Crippen molar-refractivity contribution in [3.63, 3.8) is 0 Å². The second-order valence-electron chi connectivity index (χ2n) is 12.1. The molecule has 0 bridgehead atoms. The van der Waals surface area contributed by atoms with Crippen LogP contribution in [0.15, 0.2) is 112 Å². The molecule has 5 aromatic rings. The third kappa shape index (κ3) is 7.21. The average Bonchev–Trinajstić information content (AvgIpc) is 3.50. The summed E-state index contributed by atoms with van der Waals surface area (Å²) in [5.41, 5.74) is 4.27. The van der Waals surface area contributed by atoms with E-state index in [4.69, 9.17) is 19.5 Å². The van der Waals surface area contributed by atoms with Gasteiger partial charge in [0.15, 0.2) is 0 Å². The lowest BCUT2D eigenvalue weighted by Crippen LogP contribution is -2.66. The van der Waals surface area contributed by atoms with E-state index in [-0.39, 0.29) is 9.93 Å². The molecule has 0 saturated heterocycles. The van der Waals surface area contributed by atoms with Crippen LogP contribution in [0.5, 0.6) is 0 Å². The van der Waals surface area contributed by atoms with Crippen molar-refractivity contribution < 1.29 is 12.8 Å². The highest BCUT2D eigenvalue weighted by atomic mass is 32.2. The lowest BCUT2D eigenvalue weighted by atomic mass is 10.2. The lowest BCUT2D eigenvalue weighted by molar-refractivity contribution is 0.301. The van der Waals surface area contributed by atoms with Crippen LogP contribution >= 0.6 is 11.3 Å². The molecule has 0 spiro atoms. The van der Waals surface area contributed by atoms with Crippen molar-refractivity contribution in [1.82, 2.24) is 9.97 Å². The van der Waals surface area contributed by atoms with E-state index in [1.807, 2.05) is 24.6 Å². The van der Waals surface area contributed by atoms with E-state index in [0.717, 1.165) is 28.2 Å². The molecule has 0 atom stereocenters. The molecule has 5 rings (SSSR count). The van der Waals surface area contributed by atoms with Gasteiger partial charge in [0, 0.05) is 18.2 Å². The van der Waals surface area contributed by atoms with E-state index < -0.39 is 18.3 Å². The molecule has 0 unspecified atom stereocenters. The number of hydrogen-bond acceptors (Lipinski definition) is 7. The van der Waals surface area contributed by atoms with Gasteiger partial charge in [-0.1, -0.05) is 93.6 Å². The fourth-order valence-electron chi connectivity index (χ4n) is 5.53. The van der Waals surface area contributed by atoms with Gasteiger partial charge in [0.05, 0.1) is 22.8 Å². The molecule has 0 aliphatic rings. The first kappa shape index (κ1) is 32.6. The van der Waals surface area contributed by atoms with Crippen LogP contribution in [-0.4, -0.2) is 39.0 Å². The summed E-state index contributed by atoms with van der Waals surface area (Å²) in [5, 5.41) is 10.5. The number of sulfonamides is 1. The molecule has 2 heterocycles. The quantitative estimate of drug-likeness (QED) is 0.138. The number of pyridine rings is 1. The number of aryl methyl sites for hydroxylation is 1. The number of thiazole rings is 1. The Morgan fingerprint density at radius 3 is 2.16 bits per heavy atom. The third-order valence-electron chi connectivity index (χ3n) is 7.75. The predicted molar refractivity (Wildman–Crippen MR) is 187 cm³/mol. The van der Waals surface area contributed by atoms with Crippen molar-refractivity contribution in [3.8, 4) is 10.7 Å². The Hall–Kier alpha value is -3.80. The van der Waals surface area contributed by atoms with E-state index in [9.17, 15) is 8.42 Å². The minimum Gasteiger partial charge on any atom is -0.407 e. The number of hydrogen-bond donors (Lipinski definition) is 1. The number of aromatic nitrogens is 2. The van der Waals surface area contributed by atoms with E-state index in [1.54, 1.807) is 19.1 Å². The Labute approximate surface area is 271 Å². The van der Waals surface area contributed by atoms with Crippen LogP contribution in [0.3, 0.4) is 0 Å². The molecule has 0 saturated carbocycles. The van der Waals surface area contributed by atoms with Gasteiger partial charge in [-0.15, -0.1) is 11.3 Å². The number of nitrogens with two attached hydrogens (primary N) is 1. The number of nitrogens with zero attached hydrogens (tertiary/aromatic N) is 3. The molecule has 7 nitrogen and oxygen atoms in total. The molecular weight excluding hydrogens is 617 g/mol. The SMILES string of the molecule is CC(=Nc1cc(C)ccc1S(N)(=O)=O)c1csc(-c2ccc(CCO[Si](c3ccccc3)(c3ccccc3)C(C)(C)C)cn2)n1. The zero-order valence-electron chi connectivity index (χ0n) is 26.2. The number of aliphatic imine (C=N–C) groups is 1. The summed E-state index contributed by atoms with van der Waals surface area (Å²) in [7, 11) is -6.51. The molecular formula is C35H38N4O3S2Si. The molecule has 10 heteroatoms. The highest BCUT2D eigenvalue weighted by Crippen LogP contribution is 2.37. The van der Waals surface area contributed by atoms with Crippen molar-refractivity contribution in [3.05, 3.63) is 119 Å². The summed E-state index contributed by atoms with van der Waals surface area (Å²) < 4.78 is 31.2. The molecule has 232 valence electrons. The Balaban J connectivity index is 1.33. The van der Waals surface area contributed by atoms with Gasteiger partial charge in [0.1, 0.15) is 9.90 Å². The maximum atomic E-state index is 12.1. The zero-order valence-corrected chi connectivity index (χ0v) is 28.8. The van der Waals surface area contributed by atoms with Gasteiger partial charge >= 0.3 is 0 Å². The second-order valence-corrected chi connectivity index (χ2v) is 18.8. The van der Waals surface area contributed by atoms with Crippen molar-refractivity contribution in [1.29, 1.82) is 0 Å². The molecule has 3 aromatic carbocycles. The fourth-order valence-corrected chi connectivity index (χ4v) is 11.6. The molecule has 2 aromatic heterocycles. The molecule has 0 amide bonds. The first-order valence-electron chi connectivity index (χ1n) is 14.7. The van der Waals surface area contributed by atoms with Crippen LogP contribution in [0.25, 0.3) is 10.7 Å². The van der Waals surface area contributed by atoms with Crippen LogP contribution in [0, 0.1) is 6.92 Å². The van der Waals surface area contributed by atoms with Crippen LogP contribution in [-0.2, 0) is 20.9 Å². The Bertz CT molecular complexity index is 1860. The van der Waals surface area contributed by atoms with Crippen LogP contribution in [0.4, 0.5) is 5.69 Å². The van der Waals surface area contributed by atoms with Gasteiger partial charge in [0.25, 0.3) is 8.32 Å². The van der Waals surface area contributed by atoms with Crippen molar-refractivity contribution in [2.45, 2.75) is 51.0 Å². The molecule has 45 heavy (non-hydrogen) atoms. The molecule has 0 aliphatic carbocycles. The molecule has 2 N–H and O–H groups in total. The van der Waals surface area contributed by atoms with Gasteiger partial charge in [-0.2, -0.15) is 0 Å². The highest BCUT2D eigenvalue weighted by molar-refractivity contribution is 7.89. The van der Waals surface area contributed by atoms with Crippen molar-refractivity contribution in [2.24, 2.45) is 10.1 Å². The van der Waals surface area contributed by atoms with E-state index >= 15 is 0 Å². The van der Waals surface area contributed by atoms with Gasteiger partial charge in [-0.05, 0) is 65.0 Å². The van der Waals surface area contributed by atoms with Crippen LogP contribution in [0.1, 0.15) is 44.5 Å². The minimum atomic E-state index is -3.91. The minimum absolute atomic E-state index is 0.0147. The number of primary sulfonamides is 1. The number of rotatable bonds is 10. The number of benzene rings is 3. The van der Waals surface area contributed by atoms with Gasteiger partial charge in [-0.3, -0.25) is 9.98 Å². The van der Waals surface area contributed by atoms with Crippen LogP contribution < -0.4 is 15.5 Å².